The number of ether oxygens (including phenoxy) is 2. The fourth-order valence-corrected chi connectivity index (χ4v) is 2.70. The summed E-state index contributed by atoms with van der Waals surface area (Å²) in [4.78, 5) is 24.1. The highest BCUT2D eigenvalue weighted by Crippen LogP contribution is 2.23. The molecular weight excluding hydrogens is 330 g/mol. The van der Waals surface area contributed by atoms with Crippen molar-refractivity contribution in [3.8, 4) is 5.75 Å². The van der Waals surface area contributed by atoms with Crippen LogP contribution >= 0.6 is 0 Å². The molecule has 0 aromatic heterocycles. The number of benzene rings is 2. The molecule has 26 heavy (non-hydrogen) atoms. The molecule has 1 N–H and O–H groups in total. The molecule has 0 heterocycles. The maximum absolute atomic E-state index is 12.2. The zero-order valence-corrected chi connectivity index (χ0v) is 15.7. The molecule has 138 valence electrons. The van der Waals surface area contributed by atoms with Gasteiger partial charge < -0.3 is 14.8 Å². The number of hydrogen-bond donors (Lipinski definition) is 1. The number of carbonyl (C=O) groups is 2. The van der Waals surface area contributed by atoms with Crippen LogP contribution in [0.25, 0.3) is 0 Å². The lowest BCUT2D eigenvalue weighted by Gasteiger charge is -2.13. The number of esters is 1. The first-order chi connectivity index (χ1) is 12.4. The molecule has 0 bridgehead atoms. The Morgan fingerprint density at radius 2 is 1.85 bits per heavy atom. The number of para-hydroxylation sites is 1. The molecule has 5 nitrogen and oxygen atoms in total. The normalized spacial score (nSPS) is 10.5. The summed E-state index contributed by atoms with van der Waals surface area (Å²) in [6.45, 7) is 8.17. The van der Waals surface area contributed by atoms with Crippen molar-refractivity contribution >= 4 is 17.6 Å². The van der Waals surface area contributed by atoms with Gasteiger partial charge in [0.05, 0.1) is 17.9 Å². The molecule has 0 saturated heterocycles. The van der Waals surface area contributed by atoms with Crippen LogP contribution in [0.4, 0.5) is 5.69 Å². The minimum Gasteiger partial charge on any atom is -0.484 e. The quantitative estimate of drug-likeness (QED) is 0.752. The smallest absolute Gasteiger partial charge is 0.340 e. The molecule has 0 aliphatic carbocycles. The molecule has 0 fully saturated rings. The number of rotatable bonds is 7. The van der Waals surface area contributed by atoms with Crippen molar-refractivity contribution in [2.45, 2.75) is 33.6 Å². The van der Waals surface area contributed by atoms with Crippen molar-refractivity contribution < 1.29 is 19.1 Å². The molecular formula is C21H25NO4. The lowest BCUT2D eigenvalue weighted by atomic mass is 9.98. The number of hydrogen-bond acceptors (Lipinski definition) is 4. The van der Waals surface area contributed by atoms with Crippen LogP contribution in [0.2, 0.25) is 0 Å². The van der Waals surface area contributed by atoms with Gasteiger partial charge in [-0.1, -0.05) is 32.0 Å². The summed E-state index contributed by atoms with van der Waals surface area (Å²) in [7, 11) is 0. The predicted octanol–water partition coefficient (Wildman–Crippen LogP) is 4.31. The fourth-order valence-electron chi connectivity index (χ4n) is 2.70. The maximum atomic E-state index is 12.2. The topological polar surface area (TPSA) is 64.6 Å². The van der Waals surface area contributed by atoms with Gasteiger partial charge in [-0.3, -0.25) is 4.79 Å². The Morgan fingerprint density at radius 3 is 2.50 bits per heavy atom. The Balaban J connectivity index is 2.00. The average Bonchev–Trinajstić information content (AvgIpc) is 2.60. The second kappa shape index (κ2) is 9.04. The van der Waals surface area contributed by atoms with Crippen LogP contribution in [-0.4, -0.2) is 25.1 Å². The van der Waals surface area contributed by atoms with E-state index in [1.54, 1.807) is 31.2 Å². The van der Waals surface area contributed by atoms with Gasteiger partial charge in [0, 0.05) is 0 Å². The van der Waals surface area contributed by atoms with E-state index in [1.165, 1.54) is 5.56 Å². The van der Waals surface area contributed by atoms with E-state index in [-0.39, 0.29) is 19.1 Å². The monoisotopic (exact) mass is 355 g/mol. The highest BCUT2D eigenvalue weighted by Gasteiger charge is 2.14. The van der Waals surface area contributed by atoms with Gasteiger partial charge in [-0.15, -0.1) is 0 Å². The Labute approximate surface area is 154 Å². The number of nitrogens with one attached hydrogen (secondary N) is 1. The first kappa shape index (κ1) is 19.5. The third kappa shape index (κ3) is 5.09. The summed E-state index contributed by atoms with van der Waals surface area (Å²) in [5.41, 5.74) is 3.11. The average molecular weight is 355 g/mol. The van der Waals surface area contributed by atoms with Crippen molar-refractivity contribution in [3.63, 3.8) is 0 Å². The van der Waals surface area contributed by atoms with Gasteiger partial charge >= 0.3 is 5.97 Å². The summed E-state index contributed by atoms with van der Waals surface area (Å²) in [6, 6.07) is 12.5. The van der Waals surface area contributed by atoms with Crippen LogP contribution in [0.15, 0.2) is 42.5 Å². The molecule has 2 rings (SSSR count). The standard InChI is InChI=1S/C21H25NO4/c1-5-25-21(24)18-8-6-7-9-19(18)22-20(23)13-26-16-10-11-17(14(2)3)15(4)12-16/h6-12,14H,5,13H2,1-4H3,(H,22,23). The largest absolute Gasteiger partial charge is 0.484 e. The zero-order valence-electron chi connectivity index (χ0n) is 15.7. The Kier molecular flexibility index (Phi) is 6.78. The molecule has 2 aromatic carbocycles. The first-order valence-electron chi connectivity index (χ1n) is 8.71. The van der Waals surface area contributed by atoms with Crippen molar-refractivity contribution in [2.24, 2.45) is 0 Å². The maximum Gasteiger partial charge on any atom is 0.340 e. The van der Waals surface area contributed by atoms with Crippen LogP contribution in [0.5, 0.6) is 5.75 Å². The second-order valence-electron chi connectivity index (χ2n) is 6.28. The van der Waals surface area contributed by atoms with E-state index in [1.807, 2.05) is 25.1 Å². The summed E-state index contributed by atoms with van der Waals surface area (Å²) in [5, 5.41) is 2.70. The van der Waals surface area contributed by atoms with E-state index in [4.69, 9.17) is 9.47 Å². The predicted molar refractivity (Wildman–Crippen MR) is 102 cm³/mol. The lowest BCUT2D eigenvalue weighted by Crippen LogP contribution is -2.22. The highest BCUT2D eigenvalue weighted by atomic mass is 16.5. The first-order valence-corrected chi connectivity index (χ1v) is 8.71. The molecule has 0 spiro atoms. The third-order valence-corrected chi connectivity index (χ3v) is 3.93. The number of carbonyl (C=O) groups excluding carboxylic acids is 2. The highest BCUT2D eigenvalue weighted by molar-refractivity contribution is 6.01. The molecule has 1 amide bonds. The number of aryl methyl sites for hydroxylation is 1. The van der Waals surface area contributed by atoms with Crippen LogP contribution in [0.1, 0.15) is 48.2 Å². The van der Waals surface area contributed by atoms with Crippen LogP contribution in [0.3, 0.4) is 0 Å². The van der Waals surface area contributed by atoms with Crippen LogP contribution < -0.4 is 10.1 Å². The van der Waals surface area contributed by atoms with Gasteiger partial charge in [0.1, 0.15) is 5.75 Å². The molecule has 5 heteroatoms. The van der Waals surface area contributed by atoms with Gasteiger partial charge in [-0.05, 0) is 55.2 Å². The van der Waals surface area contributed by atoms with Gasteiger partial charge in [-0.2, -0.15) is 0 Å². The van der Waals surface area contributed by atoms with E-state index in [2.05, 4.69) is 19.2 Å². The Bertz CT molecular complexity index is 783. The minimum absolute atomic E-state index is 0.141. The Hall–Kier alpha value is -2.82. The number of anilines is 1. The van der Waals surface area contributed by atoms with E-state index >= 15 is 0 Å². The van der Waals surface area contributed by atoms with Gasteiger partial charge in [0.25, 0.3) is 5.91 Å². The molecule has 0 unspecified atom stereocenters. The van der Waals surface area contributed by atoms with Crippen LogP contribution in [-0.2, 0) is 9.53 Å². The van der Waals surface area contributed by atoms with Crippen molar-refractivity contribution in [1.82, 2.24) is 0 Å². The van der Waals surface area contributed by atoms with Crippen LogP contribution in [0, 0.1) is 6.92 Å². The van der Waals surface area contributed by atoms with Crippen molar-refractivity contribution in [3.05, 3.63) is 59.2 Å². The summed E-state index contributed by atoms with van der Waals surface area (Å²) in [5.74, 6) is 0.268. The molecule has 0 aliphatic rings. The zero-order chi connectivity index (χ0) is 19.1. The van der Waals surface area contributed by atoms with Gasteiger partial charge in [0.15, 0.2) is 6.61 Å². The van der Waals surface area contributed by atoms with Crippen molar-refractivity contribution in [2.75, 3.05) is 18.5 Å². The van der Waals surface area contributed by atoms with Crippen molar-refractivity contribution in [1.29, 1.82) is 0 Å². The van der Waals surface area contributed by atoms with E-state index in [9.17, 15) is 9.59 Å². The molecule has 0 aliphatic heterocycles. The summed E-state index contributed by atoms with van der Waals surface area (Å²) >= 11 is 0. The minimum atomic E-state index is -0.468. The SMILES string of the molecule is CCOC(=O)c1ccccc1NC(=O)COc1ccc(C(C)C)c(C)c1. The van der Waals surface area contributed by atoms with E-state index in [0.717, 1.165) is 5.56 Å². The Morgan fingerprint density at radius 1 is 1.12 bits per heavy atom. The molecule has 0 saturated carbocycles. The van der Waals surface area contributed by atoms with E-state index in [0.29, 0.717) is 22.9 Å². The summed E-state index contributed by atoms with van der Waals surface area (Å²) < 4.78 is 10.6. The lowest BCUT2D eigenvalue weighted by molar-refractivity contribution is -0.118. The molecule has 0 atom stereocenters. The molecule has 0 radical (unpaired) electrons. The third-order valence-electron chi connectivity index (χ3n) is 3.93. The van der Waals surface area contributed by atoms with Gasteiger partial charge in [-0.25, -0.2) is 4.79 Å². The fraction of sp³-hybridized carbons (Fsp3) is 0.333. The second-order valence-corrected chi connectivity index (χ2v) is 6.28. The van der Waals surface area contributed by atoms with E-state index < -0.39 is 5.97 Å². The molecule has 2 aromatic rings. The summed E-state index contributed by atoms with van der Waals surface area (Å²) in [6.07, 6.45) is 0. The number of amides is 1. The van der Waals surface area contributed by atoms with Gasteiger partial charge in [0.2, 0.25) is 0 Å².